The van der Waals surface area contributed by atoms with Crippen LogP contribution in [0.3, 0.4) is 0 Å². The van der Waals surface area contributed by atoms with E-state index in [1.807, 2.05) is 44.2 Å². The number of nitrogens with one attached hydrogen (secondary N) is 1. The van der Waals surface area contributed by atoms with Gasteiger partial charge in [-0.3, -0.25) is 9.59 Å². The quantitative estimate of drug-likeness (QED) is 0.809. The number of fused-ring (bicyclic) bond motifs is 1. The average molecular weight is 362 g/mol. The van der Waals surface area contributed by atoms with E-state index in [-0.39, 0.29) is 29.3 Å². The summed E-state index contributed by atoms with van der Waals surface area (Å²) in [4.78, 5) is 37.7. The standard InChI is InChI=1S/C18H22N2O4S/c1-12(13-6-4-3-5-7-13)19-15(21)10-24-17(23)14-11-25-18(2)9-8-16(22)20(14)18/h3-7,12,14H,8-11H2,1-2H3,(H,19,21)/t12-,14-,18+/m1/s1. The Kier molecular flexibility index (Phi) is 5.03. The molecule has 7 heteroatoms. The van der Waals surface area contributed by atoms with Gasteiger partial charge in [-0.1, -0.05) is 30.3 Å². The van der Waals surface area contributed by atoms with E-state index < -0.39 is 12.0 Å². The minimum atomic E-state index is -0.593. The summed E-state index contributed by atoms with van der Waals surface area (Å²) in [5, 5.41) is 2.80. The zero-order chi connectivity index (χ0) is 18.0. The second-order valence-corrected chi connectivity index (χ2v) is 8.07. The van der Waals surface area contributed by atoms with Crippen LogP contribution in [0.2, 0.25) is 0 Å². The Morgan fingerprint density at radius 1 is 1.40 bits per heavy atom. The molecule has 0 aliphatic carbocycles. The second kappa shape index (κ2) is 7.07. The molecule has 2 saturated heterocycles. The summed E-state index contributed by atoms with van der Waals surface area (Å²) >= 11 is 1.60. The molecule has 2 heterocycles. The molecule has 2 aliphatic rings. The number of esters is 1. The van der Waals surface area contributed by atoms with Gasteiger partial charge in [-0.25, -0.2) is 4.79 Å². The Labute approximate surface area is 151 Å². The lowest BCUT2D eigenvalue weighted by Gasteiger charge is -2.29. The van der Waals surface area contributed by atoms with Crippen molar-refractivity contribution in [2.45, 2.75) is 43.6 Å². The van der Waals surface area contributed by atoms with Gasteiger partial charge in [0, 0.05) is 12.2 Å². The predicted molar refractivity (Wildman–Crippen MR) is 94.7 cm³/mol. The van der Waals surface area contributed by atoms with E-state index in [1.54, 1.807) is 16.7 Å². The monoisotopic (exact) mass is 362 g/mol. The third-order valence-electron chi connectivity index (χ3n) is 4.74. The van der Waals surface area contributed by atoms with E-state index in [2.05, 4.69) is 5.32 Å². The number of nitrogens with zero attached hydrogens (tertiary/aromatic N) is 1. The molecular weight excluding hydrogens is 340 g/mol. The third-order valence-corrected chi connectivity index (χ3v) is 6.24. The maximum atomic E-state index is 12.3. The van der Waals surface area contributed by atoms with Crippen molar-refractivity contribution in [1.82, 2.24) is 10.2 Å². The van der Waals surface area contributed by atoms with E-state index >= 15 is 0 Å². The van der Waals surface area contributed by atoms with Crippen LogP contribution in [-0.4, -0.2) is 46.0 Å². The predicted octanol–water partition coefficient (Wildman–Crippen LogP) is 1.86. The largest absolute Gasteiger partial charge is 0.454 e. The van der Waals surface area contributed by atoms with Gasteiger partial charge in [0.1, 0.15) is 6.04 Å². The first-order chi connectivity index (χ1) is 11.9. The normalized spacial score (nSPS) is 26.2. The molecule has 3 rings (SSSR count). The van der Waals surface area contributed by atoms with Gasteiger partial charge in [-0.2, -0.15) is 0 Å². The minimum Gasteiger partial charge on any atom is -0.454 e. The molecule has 0 saturated carbocycles. The van der Waals surface area contributed by atoms with E-state index in [0.29, 0.717) is 12.2 Å². The Morgan fingerprint density at radius 2 is 2.12 bits per heavy atom. The highest BCUT2D eigenvalue weighted by molar-refractivity contribution is 8.01. The number of ether oxygens (including phenoxy) is 1. The molecule has 3 atom stereocenters. The van der Waals surface area contributed by atoms with Crippen molar-refractivity contribution >= 4 is 29.5 Å². The van der Waals surface area contributed by atoms with Gasteiger partial charge in [-0.15, -0.1) is 11.8 Å². The number of carbonyl (C=O) groups excluding carboxylic acids is 3. The highest BCUT2D eigenvalue weighted by Crippen LogP contribution is 2.47. The summed E-state index contributed by atoms with van der Waals surface area (Å²) in [5.74, 6) is -0.361. The van der Waals surface area contributed by atoms with Crippen molar-refractivity contribution in [3.8, 4) is 0 Å². The van der Waals surface area contributed by atoms with Crippen LogP contribution in [0.4, 0.5) is 0 Å². The van der Waals surface area contributed by atoms with Crippen LogP contribution in [0.25, 0.3) is 0 Å². The van der Waals surface area contributed by atoms with Gasteiger partial charge in [0.25, 0.3) is 5.91 Å². The lowest BCUT2D eigenvalue weighted by molar-refractivity contribution is -0.156. The Hall–Kier alpha value is -2.02. The number of hydrogen-bond donors (Lipinski definition) is 1. The molecule has 6 nitrogen and oxygen atoms in total. The fourth-order valence-corrected chi connectivity index (χ4v) is 4.75. The lowest BCUT2D eigenvalue weighted by Crippen LogP contribution is -2.47. The molecule has 2 aliphatic heterocycles. The number of rotatable bonds is 5. The summed E-state index contributed by atoms with van der Waals surface area (Å²) < 4.78 is 5.17. The molecule has 0 aromatic heterocycles. The van der Waals surface area contributed by atoms with E-state index in [0.717, 1.165) is 12.0 Å². The van der Waals surface area contributed by atoms with Gasteiger partial charge < -0.3 is 15.0 Å². The fourth-order valence-electron chi connectivity index (χ4n) is 3.34. The van der Waals surface area contributed by atoms with Crippen molar-refractivity contribution in [3.05, 3.63) is 35.9 Å². The van der Waals surface area contributed by atoms with Crippen molar-refractivity contribution in [2.24, 2.45) is 0 Å². The Morgan fingerprint density at radius 3 is 2.84 bits per heavy atom. The van der Waals surface area contributed by atoms with Crippen LogP contribution in [0.5, 0.6) is 0 Å². The first kappa shape index (κ1) is 17.8. The second-order valence-electron chi connectivity index (χ2n) is 6.57. The van der Waals surface area contributed by atoms with Crippen LogP contribution in [0, 0.1) is 0 Å². The number of carbonyl (C=O) groups is 3. The molecule has 1 aromatic rings. The van der Waals surface area contributed by atoms with Crippen molar-refractivity contribution < 1.29 is 19.1 Å². The van der Waals surface area contributed by atoms with Gasteiger partial charge in [0.15, 0.2) is 6.61 Å². The van der Waals surface area contributed by atoms with Crippen molar-refractivity contribution in [1.29, 1.82) is 0 Å². The average Bonchev–Trinajstić information content (AvgIpc) is 3.10. The Bertz CT molecular complexity index is 681. The topological polar surface area (TPSA) is 75.7 Å². The summed E-state index contributed by atoms with van der Waals surface area (Å²) in [6, 6.07) is 8.80. The van der Waals surface area contributed by atoms with Crippen LogP contribution in [0.15, 0.2) is 30.3 Å². The fraction of sp³-hybridized carbons (Fsp3) is 0.500. The molecule has 2 amide bonds. The van der Waals surface area contributed by atoms with Crippen molar-refractivity contribution in [2.75, 3.05) is 12.4 Å². The summed E-state index contributed by atoms with van der Waals surface area (Å²) in [6.45, 7) is 3.51. The van der Waals surface area contributed by atoms with Gasteiger partial charge >= 0.3 is 5.97 Å². The van der Waals surface area contributed by atoms with E-state index in [1.165, 1.54) is 0 Å². The van der Waals surface area contributed by atoms with E-state index in [9.17, 15) is 14.4 Å². The SMILES string of the molecule is C[C@@H](NC(=O)COC(=O)[C@H]1CS[C@@]2(C)CCC(=O)N12)c1ccccc1. The molecule has 0 spiro atoms. The minimum absolute atomic E-state index is 0.0170. The molecule has 0 radical (unpaired) electrons. The summed E-state index contributed by atoms with van der Waals surface area (Å²) in [5.41, 5.74) is 0.979. The highest BCUT2D eigenvalue weighted by Gasteiger charge is 2.53. The van der Waals surface area contributed by atoms with Crippen LogP contribution < -0.4 is 5.32 Å². The van der Waals surface area contributed by atoms with E-state index in [4.69, 9.17) is 4.74 Å². The zero-order valence-corrected chi connectivity index (χ0v) is 15.2. The molecule has 0 unspecified atom stereocenters. The number of benzene rings is 1. The first-order valence-electron chi connectivity index (χ1n) is 8.38. The molecule has 1 N–H and O–H groups in total. The summed E-state index contributed by atoms with van der Waals surface area (Å²) in [6.07, 6.45) is 1.21. The van der Waals surface area contributed by atoms with Crippen molar-refractivity contribution in [3.63, 3.8) is 0 Å². The van der Waals surface area contributed by atoms with Gasteiger partial charge in [-0.05, 0) is 25.8 Å². The highest BCUT2D eigenvalue weighted by atomic mass is 32.2. The van der Waals surface area contributed by atoms with Crippen LogP contribution in [-0.2, 0) is 19.1 Å². The maximum absolute atomic E-state index is 12.3. The molecule has 134 valence electrons. The molecular formula is C18H22N2O4S. The summed E-state index contributed by atoms with van der Waals surface area (Å²) in [7, 11) is 0. The lowest BCUT2D eigenvalue weighted by atomic mass is 10.1. The van der Waals surface area contributed by atoms with Gasteiger partial charge in [0.2, 0.25) is 5.91 Å². The number of hydrogen-bond acceptors (Lipinski definition) is 5. The molecule has 1 aromatic carbocycles. The number of amides is 2. The first-order valence-corrected chi connectivity index (χ1v) is 9.36. The molecule has 2 fully saturated rings. The number of thioether (sulfide) groups is 1. The molecule has 0 bridgehead atoms. The maximum Gasteiger partial charge on any atom is 0.330 e. The van der Waals surface area contributed by atoms with Crippen LogP contribution in [0.1, 0.15) is 38.3 Å². The smallest absolute Gasteiger partial charge is 0.330 e. The Balaban J connectivity index is 1.51. The van der Waals surface area contributed by atoms with Crippen LogP contribution >= 0.6 is 11.8 Å². The zero-order valence-electron chi connectivity index (χ0n) is 14.4. The molecule has 25 heavy (non-hydrogen) atoms. The van der Waals surface area contributed by atoms with Gasteiger partial charge in [0.05, 0.1) is 10.9 Å². The third kappa shape index (κ3) is 3.66.